The fraction of sp³-hybridized carbons (Fsp3) is 0.167. The predicted octanol–water partition coefficient (Wildman–Crippen LogP) is 1.70. The number of amides is 2. The molecule has 1 aliphatic rings. The summed E-state index contributed by atoms with van der Waals surface area (Å²) in [5.41, 5.74) is 1.01. The number of anilines is 2. The molecular weight excluding hydrogens is 344 g/mol. The Morgan fingerprint density at radius 1 is 1.16 bits per heavy atom. The van der Waals surface area contributed by atoms with Gasteiger partial charge < -0.3 is 20.1 Å². The van der Waals surface area contributed by atoms with E-state index in [2.05, 4.69) is 5.32 Å². The van der Waals surface area contributed by atoms with Gasteiger partial charge in [0.1, 0.15) is 0 Å². The molecule has 1 N–H and O–H groups in total. The summed E-state index contributed by atoms with van der Waals surface area (Å²) in [6, 6.07) is 12.6. The molecule has 6 nitrogen and oxygen atoms in total. The molecule has 3 rings (SSSR count). The van der Waals surface area contributed by atoms with Crippen LogP contribution >= 0.6 is 11.6 Å². The molecule has 0 unspecified atom stereocenters. The summed E-state index contributed by atoms with van der Waals surface area (Å²) in [5.74, 6) is -2.32. The second-order valence-electron chi connectivity index (χ2n) is 5.74. The number of hydrogen-bond acceptors (Lipinski definition) is 4. The number of carboxylic acid groups (broad SMARTS) is 1. The number of nitrogens with zero attached hydrogens (tertiary/aromatic N) is 1. The lowest BCUT2D eigenvalue weighted by Gasteiger charge is -2.17. The van der Waals surface area contributed by atoms with Crippen molar-refractivity contribution in [2.45, 2.75) is 6.42 Å². The van der Waals surface area contributed by atoms with Crippen molar-refractivity contribution in [3.63, 3.8) is 0 Å². The first-order valence-corrected chi connectivity index (χ1v) is 8.00. The van der Waals surface area contributed by atoms with Crippen LogP contribution in [0.4, 0.5) is 11.4 Å². The molecule has 2 amide bonds. The molecular formula is C18H14ClN2O4-. The van der Waals surface area contributed by atoms with Crippen LogP contribution in [0.1, 0.15) is 16.8 Å². The number of benzene rings is 2. The Balaban J connectivity index is 1.69. The SMILES string of the molecule is O=C([O-])c1cccc(NC(=O)[C@@H]2CC(=O)N(c3ccc(Cl)cc3)C2)c1. The normalized spacial score (nSPS) is 16.8. The molecule has 0 aliphatic carbocycles. The summed E-state index contributed by atoms with van der Waals surface area (Å²) in [7, 11) is 0. The van der Waals surface area contributed by atoms with Gasteiger partial charge in [-0.3, -0.25) is 9.59 Å². The van der Waals surface area contributed by atoms with Crippen LogP contribution in [-0.2, 0) is 9.59 Å². The topological polar surface area (TPSA) is 89.5 Å². The van der Waals surface area contributed by atoms with Crippen LogP contribution in [0.15, 0.2) is 48.5 Å². The van der Waals surface area contributed by atoms with Crippen molar-refractivity contribution < 1.29 is 19.5 Å². The first-order valence-electron chi connectivity index (χ1n) is 7.62. The van der Waals surface area contributed by atoms with Gasteiger partial charge in [0.2, 0.25) is 11.8 Å². The van der Waals surface area contributed by atoms with E-state index in [9.17, 15) is 19.5 Å². The summed E-state index contributed by atoms with van der Waals surface area (Å²) < 4.78 is 0. The van der Waals surface area contributed by atoms with E-state index >= 15 is 0 Å². The van der Waals surface area contributed by atoms with E-state index in [0.29, 0.717) is 16.4 Å². The van der Waals surface area contributed by atoms with Crippen LogP contribution in [0.2, 0.25) is 5.02 Å². The van der Waals surface area contributed by atoms with Gasteiger partial charge >= 0.3 is 0 Å². The molecule has 2 aromatic rings. The second-order valence-corrected chi connectivity index (χ2v) is 6.18. The van der Waals surface area contributed by atoms with Gasteiger partial charge in [0.15, 0.2) is 0 Å². The number of rotatable bonds is 4. The molecule has 0 spiro atoms. The van der Waals surface area contributed by atoms with Crippen molar-refractivity contribution in [2.75, 3.05) is 16.8 Å². The van der Waals surface area contributed by atoms with Crippen LogP contribution < -0.4 is 15.3 Å². The zero-order valence-electron chi connectivity index (χ0n) is 13.1. The van der Waals surface area contributed by atoms with Gasteiger partial charge in [-0.1, -0.05) is 23.7 Å². The van der Waals surface area contributed by atoms with E-state index in [4.69, 9.17) is 11.6 Å². The number of hydrogen-bond donors (Lipinski definition) is 1. The van der Waals surface area contributed by atoms with Gasteiger partial charge in [-0.05, 0) is 42.0 Å². The van der Waals surface area contributed by atoms with E-state index in [1.54, 1.807) is 30.3 Å². The van der Waals surface area contributed by atoms with Gasteiger partial charge in [-0.2, -0.15) is 0 Å². The number of aromatic carboxylic acids is 1. The highest BCUT2D eigenvalue weighted by molar-refractivity contribution is 6.30. The number of nitrogens with one attached hydrogen (secondary N) is 1. The van der Waals surface area contributed by atoms with E-state index < -0.39 is 11.9 Å². The molecule has 1 saturated heterocycles. The molecule has 128 valence electrons. The first-order chi connectivity index (χ1) is 11.9. The maximum Gasteiger partial charge on any atom is 0.229 e. The van der Waals surface area contributed by atoms with E-state index in [1.165, 1.54) is 23.1 Å². The molecule has 1 atom stereocenters. The Morgan fingerprint density at radius 3 is 2.56 bits per heavy atom. The maximum absolute atomic E-state index is 12.4. The number of carboxylic acids is 1. The van der Waals surface area contributed by atoms with E-state index in [0.717, 1.165) is 0 Å². The van der Waals surface area contributed by atoms with Crippen LogP contribution in [0, 0.1) is 5.92 Å². The first kappa shape index (κ1) is 17.0. The third kappa shape index (κ3) is 3.80. The molecule has 7 heteroatoms. The maximum atomic E-state index is 12.4. The van der Waals surface area contributed by atoms with Gasteiger partial charge in [-0.25, -0.2) is 0 Å². The summed E-state index contributed by atoms with van der Waals surface area (Å²) in [5, 5.41) is 14.1. The summed E-state index contributed by atoms with van der Waals surface area (Å²) >= 11 is 5.85. The second kappa shape index (κ2) is 6.94. The Bertz CT molecular complexity index is 835. The fourth-order valence-electron chi connectivity index (χ4n) is 2.72. The molecule has 0 bridgehead atoms. The quantitative estimate of drug-likeness (QED) is 0.901. The molecule has 0 aromatic heterocycles. The Hall–Kier alpha value is -2.86. The largest absolute Gasteiger partial charge is 0.545 e. The van der Waals surface area contributed by atoms with Gasteiger partial charge in [0.05, 0.1) is 11.9 Å². The van der Waals surface area contributed by atoms with Crippen molar-refractivity contribution in [3.8, 4) is 0 Å². The van der Waals surface area contributed by atoms with Crippen molar-refractivity contribution in [3.05, 3.63) is 59.1 Å². The Morgan fingerprint density at radius 2 is 1.88 bits per heavy atom. The lowest BCUT2D eigenvalue weighted by molar-refractivity contribution is -0.255. The number of carbonyl (C=O) groups excluding carboxylic acids is 3. The lowest BCUT2D eigenvalue weighted by Crippen LogP contribution is -2.28. The summed E-state index contributed by atoms with van der Waals surface area (Å²) in [6.45, 7) is 0.256. The molecule has 2 aromatic carbocycles. The third-order valence-corrected chi connectivity index (χ3v) is 4.25. The van der Waals surface area contributed by atoms with Gasteiger partial charge in [0.25, 0.3) is 0 Å². The predicted molar refractivity (Wildman–Crippen MR) is 91.3 cm³/mol. The van der Waals surface area contributed by atoms with E-state index in [1.807, 2.05) is 0 Å². The van der Waals surface area contributed by atoms with Crippen LogP contribution in [0.25, 0.3) is 0 Å². The van der Waals surface area contributed by atoms with Crippen molar-refractivity contribution in [1.29, 1.82) is 0 Å². The standard InChI is InChI=1S/C18H15ClN2O4/c19-13-4-6-15(7-5-13)21-10-12(9-16(21)22)17(23)20-14-3-1-2-11(8-14)18(24)25/h1-8,12H,9-10H2,(H,20,23)(H,24,25)/p-1/t12-/m1/s1. The van der Waals surface area contributed by atoms with Crippen LogP contribution in [0.3, 0.4) is 0 Å². The summed E-state index contributed by atoms with van der Waals surface area (Å²) in [4.78, 5) is 37.0. The van der Waals surface area contributed by atoms with Gasteiger partial charge in [0, 0.05) is 29.4 Å². The van der Waals surface area contributed by atoms with Gasteiger partial charge in [-0.15, -0.1) is 0 Å². The minimum atomic E-state index is -1.32. The van der Waals surface area contributed by atoms with Crippen molar-refractivity contribution >= 4 is 40.8 Å². The molecule has 1 heterocycles. The molecule has 0 saturated carbocycles. The molecule has 1 aliphatic heterocycles. The molecule has 25 heavy (non-hydrogen) atoms. The van der Waals surface area contributed by atoms with Crippen molar-refractivity contribution in [2.24, 2.45) is 5.92 Å². The summed E-state index contributed by atoms with van der Waals surface area (Å²) in [6.07, 6.45) is 0.0919. The van der Waals surface area contributed by atoms with Crippen LogP contribution in [-0.4, -0.2) is 24.3 Å². The smallest absolute Gasteiger partial charge is 0.229 e. The average Bonchev–Trinajstić information content (AvgIpc) is 2.98. The number of halogens is 1. The Kier molecular flexibility index (Phi) is 4.72. The molecule has 1 fully saturated rings. The average molecular weight is 358 g/mol. The van der Waals surface area contributed by atoms with E-state index in [-0.39, 0.29) is 30.3 Å². The Labute approximate surface area is 149 Å². The minimum absolute atomic E-state index is 0.0249. The molecule has 0 radical (unpaired) electrons. The highest BCUT2D eigenvalue weighted by Gasteiger charge is 2.35. The monoisotopic (exact) mass is 357 g/mol. The zero-order valence-corrected chi connectivity index (χ0v) is 13.8. The lowest BCUT2D eigenvalue weighted by atomic mass is 10.1. The zero-order chi connectivity index (χ0) is 18.0. The fourth-order valence-corrected chi connectivity index (χ4v) is 2.85. The van der Waals surface area contributed by atoms with Crippen LogP contribution in [0.5, 0.6) is 0 Å². The van der Waals surface area contributed by atoms with Crippen molar-refractivity contribution in [1.82, 2.24) is 0 Å². The third-order valence-electron chi connectivity index (χ3n) is 4.00. The minimum Gasteiger partial charge on any atom is -0.545 e. The highest BCUT2D eigenvalue weighted by Crippen LogP contribution is 2.27. The highest BCUT2D eigenvalue weighted by atomic mass is 35.5. The number of carbonyl (C=O) groups is 3.